The zero-order valence-corrected chi connectivity index (χ0v) is 14.1. The lowest BCUT2D eigenvalue weighted by Crippen LogP contribution is -2.91. The molecule has 0 heterocycles. The van der Waals surface area contributed by atoms with Gasteiger partial charge in [0.15, 0.2) is 6.04 Å². The molecule has 2 aromatic rings. The van der Waals surface area contributed by atoms with Crippen LogP contribution in [0.4, 0.5) is 10.1 Å². The summed E-state index contributed by atoms with van der Waals surface area (Å²) >= 11 is 3.19. The number of rotatable bonds is 5. The topological polar surface area (TPSA) is 45.7 Å². The second-order valence-electron chi connectivity index (χ2n) is 5.29. The summed E-state index contributed by atoms with van der Waals surface area (Å²) in [6.07, 6.45) is 0. The van der Waals surface area contributed by atoms with E-state index in [4.69, 9.17) is 0 Å². The zero-order valence-electron chi connectivity index (χ0n) is 12.5. The van der Waals surface area contributed by atoms with Crippen LogP contribution >= 0.6 is 15.9 Å². The molecule has 1 amide bonds. The number of nitrogens with two attached hydrogens (primary N) is 1. The molecule has 3 N–H and O–H groups in total. The van der Waals surface area contributed by atoms with Crippen molar-refractivity contribution in [1.29, 1.82) is 0 Å². The third kappa shape index (κ3) is 4.39. The van der Waals surface area contributed by atoms with E-state index in [0.717, 1.165) is 5.56 Å². The molecule has 0 spiro atoms. The smallest absolute Gasteiger partial charge is 0.282 e. The highest BCUT2D eigenvalue weighted by Gasteiger charge is 2.21. The van der Waals surface area contributed by atoms with Gasteiger partial charge in [-0.1, -0.05) is 46.3 Å². The van der Waals surface area contributed by atoms with Crippen LogP contribution in [0.15, 0.2) is 53.0 Å². The van der Waals surface area contributed by atoms with Crippen LogP contribution < -0.4 is 10.6 Å². The predicted octanol–water partition coefficient (Wildman–Crippen LogP) is 3.24. The molecule has 2 rings (SSSR count). The van der Waals surface area contributed by atoms with Crippen molar-refractivity contribution in [3.8, 4) is 0 Å². The summed E-state index contributed by atoms with van der Waals surface area (Å²) < 4.78 is 14.4. The first-order valence-electron chi connectivity index (χ1n) is 7.13. The van der Waals surface area contributed by atoms with Gasteiger partial charge in [0.25, 0.3) is 5.91 Å². The monoisotopic (exact) mass is 365 g/mol. The van der Waals surface area contributed by atoms with E-state index in [1.54, 1.807) is 12.1 Å². The van der Waals surface area contributed by atoms with Crippen molar-refractivity contribution in [2.45, 2.75) is 25.9 Å². The molecule has 5 heteroatoms. The number of hydrogen-bond acceptors (Lipinski definition) is 1. The summed E-state index contributed by atoms with van der Waals surface area (Å²) in [6.45, 7) is 3.85. The summed E-state index contributed by atoms with van der Waals surface area (Å²) in [4.78, 5) is 12.2. The van der Waals surface area contributed by atoms with E-state index in [-0.39, 0.29) is 23.7 Å². The molecule has 0 aliphatic carbocycles. The van der Waals surface area contributed by atoms with Crippen molar-refractivity contribution in [2.75, 3.05) is 5.32 Å². The molecule has 2 aromatic carbocycles. The Morgan fingerprint density at radius 3 is 2.50 bits per heavy atom. The summed E-state index contributed by atoms with van der Waals surface area (Å²) in [5, 5.41) is 4.59. The van der Waals surface area contributed by atoms with Crippen LogP contribution in [-0.2, 0) is 4.79 Å². The quantitative estimate of drug-likeness (QED) is 0.839. The third-order valence-electron chi connectivity index (χ3n) is 3.51. The van der Waals surface area contributed by atoms with E-state index in [0.29, 0.717) is 4.47 Å². The first-order valence-corrected chi connectivity index (χ1v) is 7.92. The normalized spacial score (nSPS) is 13.5. The van der Waals surface area contributed by atoms with Gasteiger partial charge < -0.3 is 10.6 Å². The highest BCUT2D eigenvalue weighted by atomic mass is 79.9. The number of anilines is 1. The average molecular weight is 366 g/mol. The van der Waals surface area contributed by atoms with Gasteiger partial charge >= 0.3 is 0 Å². The van der Waals surface area contributed by atoms with Gasteiger partial charge in [-0.3, -0.25) is 4.79 Å². The Morgan fingerprint density at radius 2 is 1.86 bits per heavy atom. The summed E-state index contributed by atoms with van der Waals surface area (Å²) in [5.74, 6) is -0.671. The van der Waals surface area contributed by atoms with Crippen LogP contribution in [0.25, 0.3) is 0 Å². The van der Waals surface area contributed by atoms with Crippen molar-refractivity contribution in [3.05, 3.63) is 64.4 Å². The van der Waals surface area contributed by atoms with Crippen molar-refractivity contribution in [3.63, 3.8) is 0 Å². The second-order valence-corrected chi connectivity index (χ2v) is 6.21. The fraction of sp³-hybridized carbons (Fsp3) is 0.235. The third-order valence-corrected chi connectivity index (χ3v) is 4.00. The molecule has 22 heavy (non-hydrogen) atoms. The highest BCUT2D eigenvalue weighted by molar-refractivity contribution is 9.10. The molecule has 0 unspecified atom stereocenters. The van der Waals surface area contributed by atoms with E-state index in [1.807, 2.05) is 49.5 Å². The Bertz CT molecular complexity index is 648. The number of halogens is 2. The van der Waals surface area contributed by atoms with Crippen molar-refractivity contribution >= 4 is 27.5 Å². The largest absolute Gasteiger partial charge is 0.330 e. The van der Waals surface area contributed by atoms with Gasteiger partial charge in [-0.15, -0.1) is 0 Å². The van der Waals surface area contributed by atoms with E-state index < -0.39 is 5.82 Å². The van der Waals surface area contributed by atoms with Gasteiger partial charge in [0.1, 0.15) is 11.9 Å². The number of benzene rings is 2. The fourth-order valence-corrected chi connectivity index (χ4v) is 2.56. The second kappa shape index (κ2) is 7.51. The van der Waals surface area contributed by atoms with E-state index in [9.17, 15) is 9.18 Å². The SMILES string of the molecule is C[C@H]([NH2+][C@@H](C)c1ccccc1)C(=O)Nc1ccc(Br)cc1F. The predicted molar refractivity (Wildman–Crippen MR) is 89.0 cm³/mol. The molecule has 0 radical (unpaired) electrons. The van der Waals surface area contributed by atoms with E-state index in [1.165, 1.54) is 6.07 Å². The molecule has 116 valence electrons. The molecule has 0 aromatic heterocycles. The molecule has 0 aliphatic heterocycles. The summed E-state index contributed by atoms with van der Waals surface area (Å²) in [6, 6.07) is 14.4. The molecule has 0 saturated heterocycles. The van der Waals surface area contributed by atoms with Crippen molar-refractivity contribution in [1.82, 2.24) is 0 Å². The lowest BCUT2D eigenvalue weighted by atomic mass is 10.1. The van der Waals surface area contributed by atoms with Gasteiger partial charge in [-0.2, -0.15) is 0 Å². The minimum atomic E-state index is -0.453. The Kier molecular flexibility index (Phi) is 5.69. The molecule has 0 saturated carbocycles. The highest BCUT2D eigenvalue weighted by Crippen LogP contribution is 2.19. The van der Waals surface area contributed by atoms with Gasteiger partial charge in [0.05, 0.1) is 5.69 Å². The zero-order chi connectivity index (χ0) is 16.1. The minimum Gasteiger partial charge on any atom is -0.330 e. The lowest BCUT2D eigenvalue weighted by molar-refractivity contribution is -0.709. The van der Waals surface area contributed by atoms with Gasteiger partial charge in [-0.25, -0.2) is 4.39 Å². The number of quaternary nitrogens is 1. The first-order chi connectivity index (χ1) is 10.5. The molecule has 3 nitrogen and oxygen atoms in total. The Labute approximate surface area is 138 Å². The number of carbonyl (C=O) groups excluding carboxylic acids is 1. The molecule has 0 aliphatic rings. The van der Waals surface area contributed by atoms with Crippen LogP contribution in [0.1, 0.15) is 25.5 Å². The lowest BCUT2D eigenvalue weighted by Gasteiger charge is -2.17. The van der Waals surface area contributed by atoms with Crippen LogP contribution in [0.3, 0.4) is 0 Å². The number of nitrogens with one attached hydrogen (secondary N) is 1. The van der Waals surface area contributed by atoms with Gasteiger partial charge in [0, 0.05) is 10.0 Å². The number of carbonyl (C=O) groups is 1. The fourth-order valence-electron chi connectivity index (χ4n) is 2.23. The van der Waals surface area contributed by atoms with Crippen LogP contribution in [0.5, 0.6) is 0 Å². The average Bonchev–Trinajstić information content (AvgIpc) is 2.50. The Hall–Kier alpha value is -1.72. The van der Waals surface area contributed by atoms with Crippen LogP contribution in [-0.4, -0.2) is 11.9 Å². The first kappa shape index (κ1) is 16.6. The van der Waals surface area contributed by atoms with Crippen molar-refractivity contribution < 1.29 is 14.5 Å². The molecule has 0 bridgehead atoms. The maximum atomic E-state index is 13.7. The Morgan fingerprint density at radius 1 is 1.18 bits per heavy atom. The van der Waals surface area contributed by atoms with E-state index >= 15 is 0 Å². The van der Waals surface area contributed by atoms with Crippen molar-refractivity contribution in [2.24, 2.45) is 0 Å². The maximum Gasteiger partial charge on any atom is 0.282 e. The van der Waals surface area contributed by atoms with Gasteiger partial charge in [0.2, 0.25) is 0 Å². The molecular formula is C17H19BrFN2O+. The Balaban J connectivity index is 1.97. The number of amides is 1. The minimum absolute atomic E-state index is 0.150. The maximum absolute atomic E-state index is 13.7. The molecule has 0 fully saturated rings. The summed E-state index contributed by atoms with van der Waals surface area (Å²) in [5.41, 5.74) is 1.35. The number of hydrogen-bond donors (Lipinski definition) is 2. The summed E-state index contributed by atoms with van der Waals surface area (Å²) in [7, 11) is 0. The van der Waals surface area contributed by atoms with Gasteiger partial charge in [-0.05, 0) is 32.0 Å². The molecular weight excluding hydrogens is 347 g/mol. The van der Waals surface area contributed by atoms with Crippen LogP contribution in [0.2, 0.25) is 0 Å². The van der Waals surface area contributed by atoms with Crippen LogP contribution in [0, 0.1) is 5.82 Å². The standard InChI is InChI=1S/C17H18BrFN2O/c1-11(13-6-4-3-5-7-13)20-12(2)17(22)21-16-9-8-14(18)10-15(16)19/h3-12,20H,1-2H3,(H,21,22)/p+1/t11-,12-/m0/s1. The van der Waals surface area contributed by atoms with E-state index in [2.05, 4.69) is 21.2 Å². The molecule has 2 atom stereocenters.